The molecule has 2 N–H and O–H groups in total. The predicted octanol–water partition coefficient (Wildman–Crippen LogP) is 2.43. The molecule has 0 unspecified atom stereocenters. The predicted molar refractivity (Wildman–Crippen MR) is 133 cm³/mol. The maximum Gasteiger partial charge on any atom is 0.241 e. The SMILES string of the molecule is COC[C@H](C)Nc1ncc2c(C#CC(C)(C)C(=O)N3CCOCC3)cc(C3CCC(O)CC3)n2n1. The number of morpholine rings is 1. The van der Waals surface area contributed by atoms with E-state index in [1.807, 2.05) is 30.2 Å². The lowest BCUT2D eigenvalue weighted by Gasteiger charge is -2.31. The Balaban J connectivity index is 1.66. The van der Waals surface area contributed by atoms with Gasteiger partial charge in [0.25, 0.3) is 0 Å². The molecule has 3 heterocycles. The van der Waals surface area contributed by atoms with E-state index >= 15 is 0 Å². The smallest absolute Gasteiger partial charge is 0.241 e. The lowest BCUT2D eigenvalue weighted by Crippen LogP contribution is -2.46. The number of carbonyl (C=O) groups excluding carboxylic acids is 1. The Hall–Kier alpha value is -2.67. The number of hydrogen-bond acceptors (Lipinski definition) is 7. The van der Waals surface area contributed by atoms with Crippen LogP contribution < -0.4 is 5.32 Å². The molecule has 4 rings (SSSR count). The van der Waals surface area contributed by atoms with Crippen molar-refractivity contribution in [3.05, 3.63) is 23.5 Å². The number of hydrogen-bond donors (Lipinski definition) is 2. The highest BCUT2D eigenvalue weighted by Gasteiger charge is 2.31. The van der Waals surface area contributed by atoms with E-state index in [9.17, 15) is 9.90 Å². The van der Waals surface area contributed by atoms with Gasteiger partial charge in [0.2, 0.25) is 11.9 Å². The summed E-state index contributed by atoms with van der Waals surface area (Å²) in [6, 6.07) is 2.14. The van der Waals surface area contributed by atoms with Crippen LogP contribution in [0.5, 0.6) is 0 Å². The van der Waals surface area contributed by atoms with E-state index in [1.54, 1.807) is 13.3 Å². The number of rotatable bonds is 6. The Bertz CT molecular complexity index is 1090. The minimum absolute atomic E-state index is 0.0215. The lowest BCUT2D eigenvalue weighted by atomic mass is 9.85. The van der Waals surface area contributed by atoms with Crippen molar-refractivity contribution in [2.24, 2.45) is 5.41 Å². The fraction of sp³-hybridized carbons (Fsp3) is 0.654. The van der Waals surface area contributed by atoms with Crippen molar-refractivity contribution in [1.82, 2.24) is 19.5 Å². The van der Waals surface area contributed by atoms with Crippen LogP contribution in [-0.2, 0) is 14.3 Å². The first-order valence-electron chi connectivity index (χ1n) is 12.5. The molecule has 35 heavy (non-hydrogen) atoms. The van der Waals surface area contributed by atoms with Gasteiger partial charge in [0, 0.05) is 37.9 Å². The Morgan fingerprint density at radius 3 is 2.71 bits per heavy atom. The first-order chi connectivity index (χ1) is 16.8. The second kappa shape index (κ2) is 10.9. The molecule has 2 aromatic heterocycles. The summed E-state index contributed by atoms with van der Waals surface area (Å²) in [6.07, 6.45) is 4.91. The molecule has 1 saturated carbocycles. The maximum atomic E-state index is 13.1. The molecule has 2 fully saturated rings. The van der Waals surface area contributed by atoms with Crippen LogP contribution in [0.3, 0.4) is 0 Å². The van der Waals surface area contributed by atoms with Crippen molar-refractivity contribution >= 4 is 17.4 Å². The molecular formula is C26H37N5O4. The third-order valence-electron chi connectivity index (χ3n) is 6.79. The molecule has 1 atom stereocenters. The van der Waals surface area contributed by atoms with Gasteiger partial charge in [0.1, 0.15) is 5.41 Å². The molecule has 9 heteroatoms. The van der Waals surface area contributed by atoms with Gasteiger partial charge in [-0.3, -0.25) is 4.79 Å². The van der Waals surface area contributed by atoms with E-state index in [4.69, 9.17) is 14.6 Å². The van der Waals surface area contributed by atoms with Gasteiger partial charge in [-0.05, 0) is 52.5 Å². The monoisotopic (exact) mass is 483 g/mol. The number of nitrogens with zero attached hydrogens (tertiary/aromatic N) is 4. The Kier molecular flexibility index (Phi) is 7.95. The van der Waals surface area contributed by atoms with E-state index in [2.05, 4.69) is 28.2 Å². The molecule has 9 nitrogen and oxygen atoms in total. The van der Waals surface area contributed by atoms with Crippen molar-refractivity contribution in [3.8, 4) is 11.8 Å². The number of aliphatic hydroxyl groups is 1. The van der Waals surface area contributed by atoms with Gasteiger partial charge in [0.15, 0.2) is 0 Å². The van der Waals surface area contributed by atoms with Gasteiger partial charge >= 0.3 is 0 Å². The first kappa shape index (κ1) is 25.4. The second-order valence-electron chi connectivity index (χ2n) is 10.1. The van der Waals surface area contributed by atoms with Gasteiger partial charge in [-0.1, -0.05) is 11.8 Å². The van der Waals surface area contributed by atoms with Crippen LogP contribution in [-0.4, -0.2) is 82.7 Å². The fourth-order valence-electron chi connectivity index (χ4n) is 4.79. The number of nitrogens with one attached hydrogen (secondary N) is 1. The van der Waals surface area contributed by atoms with Crippen LogP contribution in [0.1, 0.15) is 63.6 Å². The fourth-order valence-corrected chi connectivity index (χ4v) is 4.79. The zero-order valence-corrected chi connectivity index (χ0v) is 21.2. The summed E-state index contributed by atoms with van der Waals surface area (Å²) in [7, 11) is 1.67. The summed E-state index contributed by atoms with van der Waals surface area (Å²) < 4.78 is 12.5. The summed E-state index contributed by atoms with van der Waals surface area (Å²) in [5.74, 6) is 7.33. The van der Waals surface area contributed by atoms with E-state index in [0.717, 1.165) is 42.5 Å². The standard InChI is InChI=1S/C26H37N5O4/c1-18(17-34-4)28-25-27-16-23-20(9-10-26(2,3)24(33)30-11-13-35-14-12-30)15-22(31(23)29-25)19-5-7-21(32)8-6-19/h15-16,18-19,21,32H,5-8,11-14,17H2,1-4H3,(H,28,29)/t18-,19?,21?/m0/s1. The quantitative estimate of drug-likeness (QED) is 0.609. The molecule has 0 bridgehead atoms. The summed E-state index contributed by atoms with van der Waals surface area (Å²) in [6.45, 7) is 8.63. The Morgan fingerprint density at radius 2 is 2.03 bits per heavy atom. The van der Waals surface area contributed by atoms with E-state index in [0.29, 0.717) is 38.9 Å². The highest BCUT2D eigenvalue weighted by atomic mass is 16.5. The molecule has 1 saturated heterocycles. The summed E-state index contributed by atoms with van der Waals surface area (Å²) in [4.78, 5) is 19.4. The molecule has 190 valence electrons. The van der Waals surface area contributed by atoms with Crippen LogP contribution in [0.4, 0.5) is 5.95 Å². The minimum Gasteiger partial charge on any atom is -0.393 e. The average Bonchev–Trinajstić information content (AvgIpc) is 3.21. The minimum atomic E-state index is -0.821. The summed E-state index contributed by atoms with van der Waals surface area (Å²) in [5.41, 5.74) is 1.88. The summed E-state index contributed by atoms with van der Waals surface area (Å²) >= 11 is 0. The van der Waals surface area contributed by atoms with E-state index in [-0.39, 0.29) is 24.0 Å². The normalized spacial score (nSPS) is 21.9. The van der Waals surface area contributed by atoms with Crippen LogP contribution in [0, 0.1) is 17.3 Å². The summed E-state index contributed by atoms with van der Waals surface area (Å²) in [5, 5.41) is 18.1. The molecule has 1 aliphatic heterocycles. The number of anilines is 1. The van der Waals surface area contributed by atoms with E-state index in [1.165, 1.54) is 0 Å². The average molecular weight is 484 g/mol. The molecule has 0 aromatic carbocycles. The number of methoxy groups -OCH3 is 1. The van der Waals surface area contributed by atoms with Gasteiger partial charge in [-0.15, -0.1) is 5.10 Å². The number of aliphatic hydroxyl groups excluding tert-OH is 1. The van der Waals surface area contributed by atoms with Gasteiger partial charge < -0.3 is 24.8 Å². The van der Waals surface area contributed by atoms with Gasteiger partial charge in [0.05, 0.1) is 43.2 Å². The molecular weight excluding hydrogens is 446 g/mol. The first-order valence-corrected chi connectivity index (χ1v) is 12.5. The highest BCUT2D eigenvalue weighted by Crippen LogP contribution is 2.35. The van der Waals surface area contributed by atoms with Crippen molar-refractivity contribution in [2.75, 3.05) is 45.3 Å². The van der Waals surface area contributed by atoms with Crippen LogP contribution in [0.15, 0.2) is 12.3 Å². The van der Waals surface area contributed by atoms with Crippen molar-refractivity contribution < 1.29 is 19.4 Å². The van der Waals surface area contributed by atoms with Crippen molar-refractivity contribution in [2.45, 2.75) is 64.5 Å². The molecule has 0 spiro atoms. The zero-order chi connectivity index (χ0) is 25.0. The zero-order valence-electron chi connectivity index (χ0n) is 21.2. The van der Waals surface area contributed by atoms with Gasteiger partial charge in [-0.2, -0.15) is 0 Å². The van der Waals surface area contributed by atoms with Crippen molar-refractivity contribution in [1.29, 1.82) is 0 Å². The molecule has 0 radical (unpaired) electrons. The lowest BCUT2D eigenvalue weighted by molar-refractivity contribution is -0.141. The number of aromatic nitrogens is 3. The van der Waals surface area contributed by atoms with Crippen LogP contribution >= 0.6 is 0 Å². The number of ether oxygens (including phenoxy) is 2. The molecule has 1 amide bonds. The third-order valence-corrected chi connectivity index (χ3v) is 6.79. The Morgan fingerprint density at radius 1 is 1.31 bits per heavy atom. The largest absolute Gasteiger partial charge is 0.393 e. The van der Waals surface area contributed by atoms with Crippen LogP contribution in [0.2, 0.25) is 0 Å². The second-order valence-corrected chi connectivity index (χ2v) is 10.1. The highest BCUT2D eigenvalue weighted by molar-refractivity contribution is 5.85. The number of amides is 1. The molecule has 1 aliphatic carbocycles. The number of carbonyl (C=O) groups is 1. The number of fused-ring (bicyclic) bond motifs is 1. The Labute approximate surface area is 207 Å². The molecule has 2 aliphatic rings. The maximum absolute atomic E-state index is 13.1. The van der Waals surface area contributed by atoms with Crippen LogP contribution in [0.25, 0.3) is 5.52 Å². The topological polar surface area (TPSA) is 101 Å². The van der Waals surface area contributed by atoms with E-state index < -0.39 is 5.41 Å². The van der Waals surface area contributed by atoms with Gasteiger partial charge in [-0.25, -0.2) is 9.50 Å². The third kappa shape index (κ3) is 5.95. The van der Waals surface area contributed by atoms with Crippen molar-refractivity contribution in [3.63, 3.8) is 0 Å². The molecule has 2 aromatic rings.